The summed E-state index contributed by atoms with van der Waals surface area (Å²) in [7, 11) is -3.78. The molecule has 1 rings (SSSR count). The zero-order valence-corrected chi connectivity index (χ0v) is 11.0. The first-order valence-electron chi connectivity index (χ1n) is 5.38. The number of rotatable bonds is 6. The Bertz CT molecular complexity index is 512. The number of anilines is 1. The first kappa shape index (κ1) is 14.4. The van der Waals surface area contributed by atoms with Gasteiger partial charge in [0, 0.05) is 12.7 Å². The third-order valence-corrected chi connectivity index (χ3v) is 3.69. The molecule has 0 bridgehead atoms. The minimum atomic E-state index is -3.78. The molecule has 1 amide bonds. The van der Waals surface area contributed by atoms with Crippen molar-refractivity contribution in [3.63, 3.8) is 0 Å². The van der Waals surface area contributed by atoms with Gasteiger partial charge in [-0.3, -0.25) is 4.79 Å². The Morgan fingerprint density at radius 2 is 2.17 bits per heavy atom. The van der Waals surface area contributed by atoms with Crippen molar-refractivity contribution < 1.29 is 13.2 Å². The van der Waals surface area contributed by atoms with Crippen molar-refractivity contribution >= 4 is 21.7 Å². The molecule has 0 fully saturated rings. The Kier molecular flexibility index (Phi) is 4.62. The number of carbonyl (C=O) groups is 1. The minimum absolute atomic E-state index is 0.0164. The SMILES string of the molecule is CCNc1ccc(S(=O)(=O)NC(C)C(N)=O)cn1. The minimum Gasteiger partial charge on any atom is -0.370 e. The summed E-state index contributed by atoms with van der Waals surface area (Å²) in [6.45, 7) is 3.97. The second-order valence-electron chi connectivity index (χ2n) is 3.65. The zero-order chi connectivity index (χ0) is 13.8. The highest BCUT2D eigenvalue weighted by Crippen LogP contribution is 2.10. The van der Waals surface area contributed by atoms with Crippen LogP contribution in [0.2, 0.25) is 0 Å². The Morgan fingerprint density at radius 1 is 1.50 bits per heavy atom. The fourth-order valence-electron chi connectivity index (χ4n) is 1.18. The molecule has 1 heterocycles. The second-order valence-corrected chi connectivity index (χ2v) is 5.37. The van der Waals surface area contributed by atoms with Crippen LogP contribution in [0.3, 0.4) is 0 Å². The van der Waals surface area contributed by atoms with E-state index < -0.39 is 22.0 Å². The molecular weight excluding hydrogens is 256 g/mol. The molecule has 8 heteroatoms. The lowest BCUT2D eigenvalue weighted by Gasteiger charge is -2.11. The quantitative estimate of drug-likeness (QED) is 0.656. The van der Waals surface area contributed by atoms with Crippen LogP contribution < -0.4 is 15.8 Å². The second kappa shape index (κ2) is 5.78. The van der Waals surface area contributed by atoms with Gasteiger partial charge in [0.05, 0.1) is 6.04 Å². The van der Waals surface area contributed by atoms with Crippen LogP contribution in [0.15, 0.2) is 23.2 Å². The number of sulfonamides is 1. The van der Waals surface area contributed by atoms with Gasteiger partial charge in [0.2, 0.25) is 15.9 Å². The first-order chi connectivity index (χ1) is 8.36. The molecule has 0 aromatic carbocycles. The van der Waals surface area contributed by atoms with Gasteiger partial charge >= 0.3 is 0 Å². The maximum absolute atomic E-state index is 11.8. The van der Waals surface area contributed by atoms with E-state index in [1.165, 1.54) is 19.2 Å². The van der Waals surface area contributed by atoms with Crippen LogP contribution in [-0.2, 0) is 14.8 Å². The molecule has 1 atom stereocenters. The van der Waals surface area contributed by atoms with Crippen LogP contribution in [0.1, 0.15) is 13.8 Å². The van der Waals surface area contributed by atoms with Crippen molar-refractivity contribution in [2.45, 2.75) is 24.8 Å². The molecule has 4 N–H and O–H groups in total. The average molecular weight is 272 g/mol. The third-order valence-electron chi connectivity index (χ3n) is 2.16. The molecule has 0 aliphatic carbocycles. The fraction of sp³-hybridized carbons (Fsp3) is 0.400. The monoisotopic (exact) mass is 272 g/mol. The van der Waals surface area contributed by atoms with Crippen molar-refractivity contribution in [3.05, 3.63) is 18.3 Å². The van der Waals surface area contributed by atoms with Crippen LogP contribution in [0.4, 0.5) is 5.82 Å². The Morgan fingerprint density at radius 3 is 2.61 bits per heavy atom. The lowest BCUT2D eigenvalue weighted by Crippen LogP contribution is -2.42. The van der Waals surface area contributed by atoms with Gasteiger partial charge in [0.25, 0.3) is 0 Å². The highest BCUT2D eigenvalue weighted by Gasteiger charge is 2.20. The average Bonchev–Trinajstić information content (AvgIpc) is 2.29. The number of primary amides is 1. The summed E-state index contributed by atoms with van der Waals surface area (Å²) in [5.41, 5.74) is 4.99. The molecule has 1 unspecified atom stereocenters. The molecule has 18 heavy (non-hydrogen) atoms. The van der Waals surface area contributed by atoms with Crippen molar-refractivity contribution in [2.24, 2.45) is 5.73 Å². The van der Waals surface area contributed by atoms with Gasteiger partial charge in [-0.15, -0.1) is 0 Å². The predicted octanol–water partition coefficient (Wildman–Crippen LogP) is -0.334. The van der Waals surface area contributed by atoms with Gasteiger partial charge in [-0.05, 0) is 26.0 Å². The van der Waals surface area contributed by atoms with E-state index in [4.69, 9.17) is 5.73 Å². The van der Waals surface area contributed by atoms with E-state index in [1.54, 1.807) is 6.07 Å². The molecule has 7 nitrogen and oxygen atoms in total. The van der Waals surface area contributed by atoms with Gasteiger partial charge < -0.3 is 11.1 Å². The lowest BCUT2D eigenvalue weighted by atomic mass is 10.4. The number of nitrogens with zero attached hydrogens (tertiary/aromatic N) is 1. The van der Waals surface area contributed by atoms with Gasteiger partial charge in [-0.25, -0.2) is 13.4 Å². The molecule has 0 aliphatic rings. The van der Waals surface area contributed by atoms with E-state index >= 15 is 0 Å². The first-order valence-corrected chi connectivity index (χ1v) is 6.86. The fourth-order valence-corrected chi connectivity index (χ4v) is 2.34. The molecule has 0 saturated heterocycles. The smallest absolute Gasteiger partial charge is 0.242 e. The standard InChI is InChI=1S/C10H16N4O3S/c1-3-12-9-5-4-8(6-13-9)18(16,17)14-7(2)10(11)15/h4-7,14H,3H2,1-2H3,(H2,11,15)(H,12,13). The molecule has 0 spiro atoms. The number of nitrogens with two attached hydrogens (primary N) is 1. The summed E-state index contributed by atoms with van der Waals surface area (Å²) in [5.74, 6) is -0.157. The van der Waals surface area contributed by atoms with Gasteiger partial charge in [0.1, 0.15) is 10.7 Å². The molecule has 0 aliphatic heterocycles. The highest BCUT2D eigenvalue weighted by atomic mass is 32.2. The number of aromatic nitrogens is 1. The highest BCUT2D eigenvalue weighted by molar-refractivity contribution is 7.89. The van der Waals surface area contributed by atoms with Crippen LogP contribution in [-0.4, -0.2) is 31.9 Å². The molecule has 0 saturated carbocycles. The Labute approximate surface area is 106 Å². The summed E-state index contributed by atoms with van der Waals surface area (Å²) >= 11 is 0. The number of hydrogen-bond acceptors (Lipinski definition) is 5. The number of pyridine rings is 1. The summed E-state index contributed by atoms with van der Waals surface area (Å²) in [6.07, 6.45) is 1.22. The van der Waals surface area contributed by atoms with Crippen LogP contribution in [0.25, 0.3) is 0 Å². The van der Waals surface area contributed by atoms with Crippen LogP contribution >= 0.6 is 0 Å². The molecule has 100 valence electrons. The molecule has 1 aromatic heterocycles. The van der Waals surface area contributed by atoms with Crippen molar-refractivity contribution in [1.82, 2.24) is 9.71 Å². The maximum atomic E-state index is 11.8. The van der Waals surface area contributed by atoms with E-state index in [0.29, 0.717) is 12.4 Å². The number of nitrogens with one attached hydrogen (secondary N) is 2. The summed E-state index contributed by atoms with van der Waals surface area (Å²) in [6, 6.07) is 1.98. The van der Waals surface area contributed by atoms with Crippen molar-refractivity contribution in [2.75, 3.05) is 11.9 Å². The molecule has 1 aromatic rings. The molecule has 0 radical (unpaired) electrons. The number of hydrogen-bond donors (Lipinski definition) is 3. The van der Waals surface area contributed by atoms with E-state index in [-0.39, 0.29) is 4.90 Å². The Hall–Kier alpha value is -1.67. The van der Waals surface area contributed by atoms with Crippen LogP contribution in [0, 0.1) is 0 Å². The van der Waals surface area contributed by atoms with Crippen molar-refractivity contribution in [1.29, 1.82) is 0 Å². The van der Waals surface area contributed by atoms with Gasteiger partial charge in [0.15, 0.2) is 0 Å². The largest absolute Gasteiger partial charge is 0.370 e. The maximum Gasteiger partial charge on any atom is 0.242 e. The molecular formula is C10H16N4O3S. The topological polar surface area (TPSA) is 114 Å². The predicted molar refractivity (Wildman–Crippen MR) is 67.4 cm³/mol. The van der Waals surface area contributed by atoms with Gasteiger partial charge in [-0.1, -0.05) is 0 Å². The van der Waals surface area contributed by atoms with Crippen LogP contribution in [0.5, 0.6) is 0 Å². The summed E-state index contributed by atoms with van der Waals surface area (Å²) in [4.78, 5) is 14.7. The van der Waals surface area contributed by atoms with E-state index in [0.717, 1.165) is 0 Å². The van der Waals surface area contributed by atoms with Gasteiger partial charge in [-0.2, -0.15) is 4.72 Å². The summed E-state index contributed by atoms with van der Waals surface area (Å²) < 4.78 is 25.8. The normalized spacial score (nSPS) is 13.0. The van der Waals surface area contributed by atoms with Crippen molar-refractivity contribution in [3.8, 4) is 0 Å². The third kappa shape index (κ3) is 3.67. The van der Waals surface area contributed by atoms with E-state index in [2.05, 4.69) is 15.0 Å². The zero-order valence-electron chi connectivity index (χ0n) is 10.2. The Balaban J connectivity index is 2.88. The number of carbonyl (C=O) groups excluding carboxylic acids is 1. The number of amides is 1. The van der Waals surface area contributed by atoms with E-state index in [1.807, 2.05) is 6.92 Å². The van der Waals surface area contributed by atoms with E-state index in [9.17, 15) is 13.2 Å². The lowest BCUT2D eigenvalue weighted by molar-refractivity contribution is -0.119. The summed E-state index contributed by atoms with van der Waals surface area (Å²) in [5, 5.41) is 2.94.